The van der Waals surface area contributed by atoms with Crippen molar-refractivity contribution >= 4 is 11.8 Å². The lowest BCUT2D eigenvalue weighted by molar-refractivity contribution is -0.143. The van der Waals surface area contributed by atoms with Crippen LogP contribution in [0.5, 0.6) is 0 Å². The van der Waals surface area contributed by atoms with Crippen LogP contribution in [0.1, 0.15) is 86.8 Å². The molecule has 2 aliphatic carbocycles. The highest BCUT2D eigenvalue weighted by atomic mass is 16.7. The molecule has 2 aromatic carbocycles. The first-order chi connectivity index (χ1) is 19.4. The normalized spacial score (nSPS) is 25.9. The monoisotopic (exact) mass is 546 g/mol. The Morgan fingerprint density at radius 3 is 2.20 bits per heavy atom. The molecule has 4 fully saturated rings. The van der Waals surface area contributed by atoms with E-state index in [2.05, 4.69) is 41.6 Å². The summed E-state index contributed by atoms with van der Waals surface area (Å²) in [6.07, 6.45) is 10.1. The lowest BCUT2D eigenvalue weighted by atomic mass is 9.94. The van der Waals surface area contributed by atoms with Crippen LogP contribution >= 0.6 is 0 Å². The molecule has 2 saturated carbocycles. The Balaban J connectivity index is 1.11. The largest absolute Gasteiger partial charge is 0.380 e. The van der Waals surface area contributed by atoms with Crippen LogP contribution in [0.2, 0.25) is 0 Å². The summed E-state index contributed by atoms with van der Waals surface area (Å²) < 4.78 is 0. The summed E-state index contributed by atoms with van der Waals surface area (Å²) in [6.45, 7) is 4.03. The van der Waals surface area contributed by atoms with Crippen LogP contribution in [0, 0.1) is 0 Å². The summed E-state index contributed by atoms with van der Waals surface area (Å²) in [6, 6.07) is 17.0. The van der Waals surface area contributed by atoms with Crippen LogP contribution in [0.4, 0.5) is 0 Å². The number of amides is 2. The fourth-order valence-corrected chi connectivity index (χ4v) is 6.59. The molecule has 214 valence electrons. The van der Waals surface area contributed by atoms with Gasteiger partial charge in [-0.3, -0.25) is 19.3 Å². The number of nitrogens with one attached hydrogen (secondary N) is 1. The van der Waals surface area contributed by atoms with E-state index < -0.39 is 5.60 Å². The van der Waals surface area contributed by atoms with Crippen LogP contribution in [0.15, 0.2) is 48.5 Å². The van der Waals surface area contributed by atoms with Gasteiger partial charge in [0.15, 0.2) is 0 Å². The smallest absolute Gasteiger partial charge is 0.254 e. The van der Waals surface area contributed by atoms with E-state index in [1.807, 2.05) is 24.3 Å². The number of carbonyl (C=O) groups excluding carboxylic acids is 2. The third-order valence-electron chi connectivity index (χ3n) is 9.21. The van der Waals surface area contributed by atoms with E-state index >= 15 is 0 Å². The van der Waals surface area contributed by atoms with E-state index in [9.17, 15) is 14.7 Å². The first kappa shape index (κ1) is 27.4. The SMILES string of the molecule is CC1ONC(c2cccc(-c3ccc(C(=O)N4CCN(C(=O)C5(O)CC5)CC4)cc3)c2)N1C1CCCCCCC1. The summed E-state index contributed by atoms with van der Waals surface area (Å²) in [5.41, 5.74) is 6.17. The molecular formula is C32H42N4O4. The van der Waals surface area contributed by atoms with Crippen molar-refractivity contribution < 1.29 is 19.5 Å². The molecule has 8 heteroatoms. The highest BCUT2D eigenvalue weighted by Gasteiger charge is 2.50. The third kappa shape index (κ3) is 5.68. The molecule has 6 rings (SSSR count). The minimum atomic E-state index is -1.15. The zero-order chi connectivity index (χ0) is 27.7. The van der Waals surface area contributed by atoms with Gasteiger partial charge in [0.25, 0.3) is 11.8 Å². The number of nitrogens with zero attached hydrogens (tertiary/aromatic N) is 3. The van der Waals surface area contributed by atoms with Crippen molar-refractivity contribution in [3.05, 3.63) is 59.7 Å². The van der Waals surface area contributed by atoms with Gasteiger partial charge in [-0.05, 0) is 67.5 Å². The van der Waals surface area contributed by atoms with Gasteiger partial charge in [-0.15, -0.1) is 0 Å². The van der Waals surface area contributed by atoms with Crippen LogP contribution < -0.4 is 5.48 Å². The number of hydrogen-bond acceptors (Lipinski definition) is 6. The molecule has 2 aliphatic heterocycles. The molecule has 2 atom stereocenters. The van der Waals surface area contributed by atoms with Gasteiger partial charge in [0.1, 0.15) is 18.0 Å². The highest BCUT2D eigenvalue weighted by molar-refractivity contribution is 5.95. The van der Waals surface area contributed by atoms with Crippen LogP contribution in [0.25, 0.3) is 11.1 Å². The van der Waals surface area contributed by atoms with Gasteiger partial charge in [0.05, 0.1) is 0 Å². The summed E-state index contributed by atoms with van der Waals surface area (Å²) >= 11 is 0. The molecule has 2 heterocycles. The minimum absolute atomic E-state index is 0.0198. The number of carbonyl (C=O) groups is 2. The average Bonchev–Trinajstić information content (AvgIpc) is 3.62. The summed E-state index contributed by atoms with van der Waals surface area (Å²) in [5.74, 6) is -0.207. The highest BCUT2D eigenvalue weighted by Crippen LogP contribution is 2.37. The van der Waals surface area contributed by atoms with Crippen molar-refractivity contribution in [2.24, 2.45) is 0 Å². The molecule has 40 heavy (non-hydrogen) atoms. The number of aliphatic hydroxyl groups is 1. The van der Waals surface area contributed by atoms with E-state index in [0.717, 1.165) is 11.1 Å². The van der Waals surface area contributed by atoms with Gasteiger partial charge < -0.3 is 14.9 Å². The molecule has 8 nitrogen and oxygen atoms in total. The van der Waals surface area contributed by atoms with Crippen LogP contribution in [0.3, 0.4) is 0 Å². The van der Waals surface area contributed by atoms with Crippen molar-refractivity contribution in [2.75, 3.05) is 26.2 Å². The Bertz CT molecular complexity index is 1200. The van der Waals surface area contributed by atoms with Crippen molar-refractivity contribution in [2.45, 2.75) is 88.7 Å². The lowest BCUT2D eigenvalue weighted by Gasteiger charge is -2.35. The maximum absolute atomic E-state index is 13.2. The van der Waals surface area contributed by atoms with Crippen molar-refractivity contribution in [1.82, 2.24) is 20.2 Å². The predicted octanol–water partition coefficient (Wildman–Crippen LogP) is 4.46. The summed E-state index contributed by atoms with van der Waals surface area (Å²) in [5, 5.41) is 10.1. The van der Waals surface area contributed by atoms with Gasteiger partial charge in [0, 0.05) is 37.8 Å². The van der Waals surface area contributed by atoms with Crippen LogP contribution in [-0.4, -0.2) is 75.7 Å². The molecule has 2 unspecified atom stereocenters. The Morgan fingerprint density at radius 1 is 0.875 bits per heavy atom. The molecule has 0 radical (unpaired) electrons. The maximum Gasteiger partial charge on any atom is 0.254 e. The standard InChI is InChI=1S/C32H42N4O4/c1-23-36(28-10-5-3-2-4-6-11-28)29(33-40-23)27-9-7-8-26(22-27)24-12-14-25(15-13-24)30(37)34-18-20-35(21-19-34)31(38)32(39)16-17-32/h7-9,12-15,22-23,28-29,33,39H,2-6,10-11,16-21H2,1H3. The number of rotatable bonds is 5. The fourth-order valence-electron chi connectivity index (χ4n) is 6.59. The van der Waals surface area contributed by atoms with E-state index in [1.54, 1.807) is 9.80 Å². The number of hydrogen-bond donors (Lipinski definition) is 2. The summed E-state index contributed by atoms with van der Waals surface area (Å²) in [7, 11) is 0. The third-order valence-corrected chi connectivity index (χ3v) is 9.21. The van der Waals surface area contributed by atoms with Gasteiger partial charge in [-0.25, -0.2) is 0 Å². The topological polar surface area (TPSA) is 85.3 Å². The quantitative estimate of drug-likeness (QED) is 0.576. The first-order valence-electron chi connectivity index (χ1n) is 15.1. The Labute approximate surface area is 237 Å². The zero-order valence-electron chi connectivity index (χ0n) is 23.6. The van der Waals surface area contributed by atoms with Crippen molar-refractivity contribution in [1.29, 1.82) is 0 Å². The molecule has 2 N–H and O–H groups in total. The molecular weight excluding hydrogens is 504 g/mol. The van der Waals surface area contributed by atoms with Crippen molar-refractivity contribution in [3.8, 4) is 11.1 Å². The van der Waals surface area contributed by atoms with Crippen molar-refractivity contribution in [3.63, 3.8) is 0 Å². The van der Waals surface area contributed by atoms with Gasteiger partial charge in [0.2, 0.25) is 0 Å². The minimum Gasteiger partial charge on any atom is -0.380 e. The second kappa shape index (κ2) is 11.6. The number of hydroxylamine groups is 1. The Morgan fingerprint density at radius 2 is 1.52 bits per heavy atom. The first-order valence-corrected chi connectivity index (χ1v) is 15.1. The van der Waals surface area contributed by atoms with E-state index in [4.69, 9.17) is 4.84 Å². The average molecular weight is 547 g/mol. The Hall–Kier alpha value is -2.78. The lowest BCUT2D eigenvalue weighted by Crippen LogP contribution is -2.53. The van der Waals surface area contributed by atoms with Gasteiger partial charge in [-0.2, -0.15) is 5.48 Å². The second-order valence-electron chi connectivity index (χ2n) is 12.0. The molecule has 0 aromatic heterocycles. The molecule has 2 aromatic rings. The maximum atomic E-state index is 13.2. The van der Waals surface area contributed by atoms with Gasteiger partial charge in [-0.1, -0.05) is 62.4 Å². The molecule has 4 aliphatic rings. The van der Waals surface area contributed by atoms with Gasteiger partial charge >= 0.3 is 0 Å². The zero-order valence-corrected chi connectivity index (χ0v) is 23.6. The van der Waals surface area contributed by atoms with E-state index in [1.165, 1.54) is 50.5 Å². The number of benzene rings is 2. The molecule has 2 saturated heterocycles. The summed E-state index contributed by atoms with van der Waals surface area (Å²) in [4.78, 5) is 37.5. The fraction of sp³-hybridized carbons (Fsp3) is 0.562. The molecule has 2 amide bonds. The predicted molar refractivity (Wildman–Crippen MR) is 153 cm³/mol. The second-order valence-corrected chi connectivity index (χ2v) is 12.0. The number of piperazine rings is 1. The molecule has 0 bridgehead atoms. The van der Waals surface area contributed by atoms with E-state index in [-0.39, 0.29) is 24.2 Å². The molecule has 0 spiro atoms. The Kier molecular flexibility index (Phi) is 7.95. The van der Waals surface area contributed by atoms with E-state index in [0.29, 0.717) is 50.6 Å². The van der Waals surface area contributed by atoms with Crippen LogP contribution in [-0.2, 0) is 9.63 Å².